The molecule has 0 spiro atoms. The lowest BCUT2D eigenvalue weighted by Gasteiger charge is -2.48. The van der Waals surface area contributed by atoms with E-state index in [0.29, 0.717) is 12.0 Å². The second-order valence-corrected chi connectivity index (χ2v) is 7.50. The van der Waals surface area contributed by atoms with E-state index in [2.05, 4.69) is 55.2 Å². The highest BCUT2D eigenvalue weighted by Crippen LogP contribution is 2.27. The van der Waals surface area contributed by atoms with Crippen LogP contribution < -0.4 is 5.32 Å². The maximum absolute atomic E-state index is 4.65. The number of aromatic nitrogens is 1. The van der Waals surface area contributed by atoms with Crippen molar-refractivity contribution in [1.82, 2.24) is 15.2 Å². The zero-order valence-corrected chi connectivity index (χ0v) is 14.4. The van der Waals surface area contributed by atoms with E-state index < -0.39 is 0 Å². The molecular weight excluding hydrogens is 266 g/mol. The molecule has 1 unspecified atom stereocenters. The zero-order valence-electron chi connectivity index (χ0n) is 13.6. The van der Waals surface area contributed by atoms with E-state index in [9.17, 15) is 0 Å². The zero-order chi connectivity index (χ0) is 14.8. The summed E-state index contributed by atoms with van der Waals surface area (Å²) in [5.41, 5.74) is 1.53. The van der Waals surface area contributed by atoms with E-state index in [4.69, 9.17) is 0 Å². The van der Waals surface area contributed by atoms with Crippen molar-refractivity contribution < 1.29 is 0 Å². The van der Waals surface area contributed by atoms with E-state index in [1.165, 1.54) is 23.5 Å². The lowest BCUT2D eigenvalue weighted by Crippen LogP contribution is -2.64. The maximum atomic E-state index is 4.65. The van der Waals surface area contributed by atoms with Crippen molar-refractivity contribution in [2.75, 3.05) is 13.1 Å². The molecular formula is C16H29N3S. The Morgan fingerprint density at radius 3 is 2.65 bits per heavy atom. The van der Waals surface area contributed by atoms with Crippen molar-refractivity contribution >= 4 is 11.3 Å². The van der Waals surface area contributed by atoms with Crippen LogP contribution in [0.15, 0.2) is 5.38 Å². The molecule has 1 N–H and O–H groups in total. The molecule has 1 atom stereocenters. The SMILES string of the molecule is CCC1(CC)CN(Cc2csc(C)n2)C(C(C)C)CN1. The van der Waals surface area contributed by atoms with Gasteiger partial charge in [0.2, 0.25) is 0 Å². The number of aryl methyl sites for hydroxylation is 1. The fourth-order valence-electron chi connectivity index (χ4n) is 3.26. The van der Waals surface area contributed by atoms with Crippen LogP contribution in [0.3, 0.4) is 0 Å². The summed E-state index contributed by atoms with van der Waals surface area (Å²) < 4.78 is 0. The molecule has 20 heavy (non-hydrogen) atoms. The summed E-state index contributed by atoms with van der Waals surface area (Å²) in [5, 5.41) is 7.22. The maximum Gasteiger partial charge on any atom is 0.0897 e. The Bertz CT molecular complexity index is 423. The smallest absolute Gasteiger partial charge is 0.0897 e. The van der Waals surface area contributed by atoms with Crippen LogP contribution in [0.2, 0.25) is 0 Å². The highest BCUT2D eigenvalue weighted by Gasteiger charge is 2.37. The first-order valence-electron chi connectivity index (χ1n) is 7.89. The van der Waals surface area contributed by atoms with E-state index in [1.54, 1.807) is 11.3 Å². The molecule has 1 aliphatic rings. The minimum Gasteiger partial charge on any atom is -0.308 e. The Balaban J connectivity index is 2.14. The number of hydrogen-bond acceptors (Lipinski definition) is 4. The average Bonchev–Trinajstić information content (AvgIpc) is 2.83. The number of rotatable bonds is 5. The van der Waals surface area contributed by atoms with Crippen LogP contribution in [0.4, 0.5) is 0 Å². The van der Waals surface area contributed by atoms with E-state index in [-0.39, 0.29) is 5.54 Å². The van der Waals surface area contributed by atoms with E-state index in [1.807, 2.05) is 0 Å². The predicted molar refractivity (Wildman–Crippen MR) is 87.2 cm³/mol. The normalized spacial score (nSPS) is 23.4. The largest absolute Gasteiger partial charge is 0.308 e. The average molecular weight is 295 g/mol. The minimum absolute atomic E-state index is 0.288. The molecule has 0 radical (unpaired) electrons. The van der Waals surface area contributed by atoms with Gasteiger partial charge >= 0.3 is 0 Å². The first-order valence-corrected chi connectivity index (χ1v) is 8.77. The number of piperazine rings is 1. The molecule has 1 aromatic heterocycles. The molecule has 2 heterocycles. The van der Waals surface area contributed by atoms with Gasteiger partial charge in [0.05, 0.1) is 10.7 Å². The van der Waals surface area contributed by atoms with Crippen LogP contribution in [0.5, 0.6) is 0 Å². The van der Waals surface area contributed by atoms with Gasteiger partial charge in [-0.15, -0.1) is 11.3 Å². The van der Waals surface area contributed by atoms with Gasteiger partial charge in [-0.1, -0.05) is 27.7 Å². The molecule has 0 saturated carbocycles. The van der Waals surface area contributed by atoms with Gasteiger partial charge in [0.25, 0.3) is 0 Å². The standard InChI is InChI=1S/C16H29N3S/c1-6-16(7-2)11-19(15(8-17-16)12(3)4)9-14-10-20-13(5)18-14/h10,12,15,17H,6-9,11H2,1-5H3. The van der Waals surface area contributed by atoms with E-state index in [0.717, 1.165) is 19.6 Å². The van der Waals surface area contributed by atoms with Gasteiger partial charge in [-0.2, -0.15) is 0 Å². The molecule has 4 heteroatoms. The summed E-state index contributed by atoms with van der Waals surface area (Å²) in [6.07, 6.45) is 2.39. The van der Waals surface area contributed by atoms with Gasteiger partial charge in [0, 0.05) is 36.6 Å². The predicted octanol–water partition coefficient (Wildman–Crippen LogP) is 3.44. The number of nitrogens with zero attached hydrogens (tertiary/aromatic N) is 2. The first kappa shape index (κ1) is 15.9. The van der Waals surface area contributed by atoms with Gasteiger partial charge in [-0.05, 0) is 25.7 Å². The molecule has 0 aliphatic carbocycles. The summed E-state index contributed by atoms with van der Waals surface area (Å²) in [6, 6.07) is 0.614. The second kappa shape index (κ2) is 6.54. The molecule has 1 aliphatic heterocycles. The van der Waals surface area contributed by atoms with Crippen molar-refractivity contribution in [3.63, 3.8) is 0 Å². The van der Waals surface area contributed by atoms with Crippen molar-refractivity contribution in [2.24, 2.45) is 5.92 Å². The Morgan fingerprint density at radius 1 is 1.45 bits per heavy atom. The summed E-state index contributed by atoms with van der Waals surface area (Å²) in [6.45, 7) is 14.6. The summed E-state index contributed by atoms with van der Waals surface area (Å²) in [7, 11) is 0. The number of thiazole rings is 1. The molecule has 0 bridgehead atoms. The number of nitrogens with one attached hydrogen (secondary N) is 1. The quantitative estimate of drug-likeness (QED) is 0.902. The van der Waals surface area contributed by atoms with Gasteiger partial charge in [-0.25, -0.2) is 4.98 Å². The van der Waals surface area contributed by atoms with Crippen molar-refractivity contribution in [3.05, 3.63) is 16.1 Å². The Kier molecular flexibility index (Phi) is 5.21. The minimum atomic E-state index is 0.288. The Morgan fingerprint density at radius 2 is 2.15 bits per heavy atom. The molecule has 1 fully saturated rings. The van der Waals surface area contributed by atoms with Crippen LogP contribution >= 0.6 is 11.3 Å². The highest BCUT2D eigenvalue weighted by molar-refractivity contribution is 7.09. The van der Waals surface area contributed by atoms with Crippen LogP contribution in [0.1, 0.15) is 51.2 Å². The third-order valence-electron chi connectivity index (χ3n) is 4.82. The van der Waals surface area contributed by atoms with Gasteiger partial charge < -0.3 is 5.32 Å². The molecule has 1 aromatic rings. The highest BCUT2D eigenvalue weighted by atomic mass is 32.1. The van der Waals surface area contributed by atoms with Crippen LogP contribution in [-0.4, -0.2) is 34.6 Å². The van der Waals surface area contributed by atoms with Gasteiger partial charge in [-0.3, -0.25) is 4.90 Å². The van der Waals surface area contributed by atoms with Crippen molar-refractivity contribution in [3.8, 4) is 0 Å². The van der Waals surface area contributed by atoms with Crippen LogP contribution in [0.25, 0.3) is 0 Å². The molecule has 1 saturated heterocycles. The third-order valence-corrected chi connectivity index (χ3v) is 5.64. The van der Waals surface area contributed by atoms with Gasteiger partial charge in [0.15, 0.2) is 0 Å². The summed E-state index contributed by atoms with van der Waals surface area (Å²) in [5.74, 6) is 0.675. The topological polar surface area (TPSA) is 28.2 Å². The lowest BCUT2D eigenvalue weighted by molar-refractivity contribution is 0.0435. The monoisotopic (exact) mass is 295 g/mol. The van der Waals surface area contributed by atoms with Gasteiger partial charge in [0.1, 0.15) is 0 Å². The van der Waals surface area contributed by atoms with Crippen molar-refractivity contribution in [1.29, 1.82) is 0 Å². The van der Waals surface area contributed by atoms with Crippen molar-refractivity contribution in [2.45, 2.75) is 65.6 Å². The summed E-state index contributed by atoms with van der Waals surface area (Å²) in [4.78, 5) is 7.31. The fourth-order valence-corrected chi connectivity index (χ4v) is 3.86. The number of hydrogen-bond donors (Lipinski definition) is 1. The molecule has 3 nitrogen and oxygen atoms in total. The summed E-state index contributed by atoms with van der Waals surface area (Å²) >= 11 is 1.76. The third kappa shape index (κ3) is 3.41. The molecule has 2 rings (SSSR count). The first-order chi connectivity index (χ1) is 9.49. The second-order valence-electron chi connectivity index (χ2n) is 6.44. The Hall–Kier alpha value is -0.450. The fraction of sp³-hybridized carbons (Fsp3) is 0.812. The molecule has 114 valence electrons. The molecule has 0 aromatic carbocycles. The van der Waals surface area contributed by atoms with Crippen LogP contribution in [0, 0.1) is 12.8 Å². The Labute approximate surface area is 127 Å². The van der Waals surface area contributed by atoms with E-state index >= 15 is 0 Å². The molecule has 0 amide bonds. The lowest BCUT2D eigenvalue weighted by atomic mass is 9.86. The van der Waals surface area contributed by atoms with Crippen LogP contribution in [-0.2, 0) is 6.54 Å².